The van der Waals surface area contributed by atoms with Crippen LogP contribution in [0.2, 0.25) is 0 Å². The second kappa shape index (κ2) is 8.24. The van der Waals surface area contributed by atoms with Crippen LogP contribution in [-0.4, -0.2) is 30.8 Å². The van der Waals surface area contributed by atoms with Crippen molar-refractivity contribution in [2.45, 2.75) is 45.2 Å². The van der Waals surface area contributed by atoms with Crippen LogP contribution in [0.25, 0.3) is 0 Å². The predicted molar refractivity (Wildman–Crippen MR) is 63.7 cm³/mol. The van der Waals surface area contributed by atoms with E-state index in [2.05, 4.69) is 5.32 Å². The summed E-state index contributed by atoms with van der Waals surface area (Å²) in [6, 6.07) is -0.999. The smallest absolute Gasteiger partial charge is 0.237 e. The maximum Gasteiger partial charge on any atom is 0.237 e. The van der Waals surface area contributed by atoms with E-state index in [9.17, 15) is 9.59 Å². The van der Waals surface area contributed by atoms with Crippen LogP contribution in [0.1, 0.15) is 33.1 Å². The summed E-state index contributed by atoms with van der Waals surface area (Å²) in [5, 5.41) is 2.63. The van der Waals surface area contributed by atoms with Gasteiger partial charge in [0.15, 0.2) is 0 Å². The fourth-order valence-corrected chi connectivity index (χ4v) is 1.26. The number of aldehydes is 1. The van der Waals surface area contributed by atoms with Crippen molar-refractivity contribution < 1.29 is 9.59 Å². The summed E-state index contributed by atoms with van der Waals surface area (Å²) < 4.78 is 0. The monoisotopic (exact) mass is 229 g/mol. The summed E-state index contributed by atoms with van der Waals surface area (Å²) in [6.45, 7) is 4.34. The summed E-state index contributed by atoms with van der Waals surface area (Å²) in [5.74, 6) is -0.198. The van der Waals surface area contributed by atoms with E-state index in [1.54, 1.807) is 0 Å². The molecular formula is C11H23N3O2. The minimum absolute atomic E-state index is 0.0661. The van der Waals surface area contributed by atoms with Gasteiger partial charge in [-0.3, -0.25) is 4.79 Å². The Bertz CT molecular complexity index is 219. The molecule has 0 saturated heterocycles. The Morgan fingerprint density at radius 1 is 1.38 bits per heavy atom. The Morgan fingerprint density at radius 3 is 2.44 bits per heavy atom. The molecular weight excluding hydrogens is 206 g/mol. The molecule has 0 spiro atoms. The number of nitrogens with two attached hydrogens (primary N) is 2. The molecule has 5 heteroatoms. The zero-order valence-electron chi connectivity index (χ0n) is 10.1. The number of hydrogen-bond donors (Lipinski definition) is 3. The quantitative estimate of drug-likeness (QED) is 0.396. The molecule has 0 rings (SSSR count). The first kappa shape index (κ1) is 15.1. The number of hydrogen-bond acceptors (Lipinski definition) is 4. The Hall–Kier alpha value is -0.940. The van der Waals surface area contributed by atoms with Crippen LogP contribution in [0.5, 0.6) is 0 Å². The average molecular weight is 229 g/mol. The Kier molecular flexibility index (Phi) is 7.76. The zero-order valence-corrected chi connectivity index (χ0v) is 10.1. The van der Waals surface area contributed by atoms with Crippen molar-refractivity contribution in [2.24, 2.45) is 17.4 Å². The normalized spacial score (nSPS) is 14.6. The van der Waals surface area contributed by atoms with E-state index in [1.807, 2.05) is 13.8 Å². The molecule has 2 atom stereocenters. The molecule has 5 N–H and O–H groups in total. The molecule has 16 heavy (non-hydrogen) atoms. The van der Waals surface area contributed by atoms with Crippen LogP contribution < -0.4 is 16.8 Å². The van der Waals surface area contributed by atoms with Gasteiger partial charge in [0, 0.05) is 0 Å². The molecule has 5 nitrogen and oxygen atoms in total. The summed E-state index contributed by atoms with van der Waals surface area (Å²) in [6.07, 6.45) is 3.06. The second-order valence-corrected chi connectivity index (χ2v) is 4.31. The van der Waals surface area contributed by atoms with Crippen molar-refractivity contribution in [3.63, 3.8) is 0 Å². The van der Waals surface area contributed by atoms with Gasteiger partial charge in [-0.25, -0.2) is 0 Å². The zero-order chi connectivity index (χ0) is 12.6. The first-order valence-electron chi connectivity index (χ1n) is 5.74. The van der Waals surface area contributed by atoms with Gasteiger partial charge < -0.3 is 21.6 Å². The molecule has 0 aromatic heterocycles. The summed E-state index contributed by atoms with van der Waals surface area (Å²) in [4.78, 5) is 22.3. The lowest BCUT2D eigenvalue weighted by molar-refractivity contribution is -0.126. The standard InChI is InChI=1S/C11H23N3O2/c1-8(2)10(13)11(16)14-9(7-15)5-3-4-6-12/h7-10H,3-6,12-13H2,1-2H3,(H,14,16). The lowest BCUT2D eigenvalue weighted by Crippen LogP contribution is -2.48. The van der Waals surface area contributed by atoms with Crippen LogP contribution in [-0.2, 0) is 9.59 Å². The van der Waals surface area contributed by atoms with Gasteiger partial charge in [0.2, 0.25) is 5.91 Å². The van der Waals surface area contributed by atoms with Crippen molar-refractivity contribution in [1.82, 2.24) is 5.32 Å². The highest BCUT2D eigenvalue weighted by Gasteiger charge is 2.19. The topological polar surface area (TPSA) is 98.2 Å². The van der Waals surface area contributed by atoms with E-state index in [0.717, 1.165) is 19.1 Å². The van der Waals surface area contributed by atoms with E-state index in [4.69, 9.17) is 11.5 Å². The molecule has 0 aromatic rings. The summed E-state index contributed by atoms with van der Waals surface area (Å²) in [5.41, 5.74) is 11.0. The maximum absolute atomic E-state index is 11.6. The van der Waals surface area contributed by atoms with Gasteiger partial charge in [0.1, 0.15) is 6.29 Å². The lowest BCUT2D eigenvalue weighted by atomic mass is 10.0. The van der Waals surface area contributed by atoms with Crippen molar-refractivity contribution in [3.8, 4) is 0 Å². The number of nitrogens with one attached hydrogen (secondary N) is 1. The molecule has 0 aliphatic heterocycles. The highest BCUT2D eigenvalue weighted by atomic mass is 16.2. The first-order valence-corrected chi connectivity index (χ1v) is 5.74. The second-order valence-electron chi connectivity index (χ2n) is 4.31. The minimum atomic E-state index is -0.558. The van der Waals surface area contributed by atoms with Crippen LogP contribution in [0.3, 0.4) is 0 Å². The van der Waals surface area contributed by atoms with Crippen molar-refractivity contribution in [1.29, 1.82) is 0 Å². The highest BCUT2D eigenvalue weighted by Crippen LogP contribution is 2.01. The van der Waals surface area contributed by atoms with E-state index in [1.165, 1.54) is 0 Å². The van der Waals surface area contributed by atoms with Crippen molar-refractivity contribution >= 4 is 12.2 Å². The van der Waals surface area contributed by atoms with E-state index < -0.39 is 12.1 Å². The van der Waals surface area contributed by atoms with Crippen LogP contribution in [0.15, 0.2) is 0 Å². The van der Waals surface area contributed by atoms with Crippen molar-refractivity contribution in [3.05, 3.63) is 0 Å². The van der Waals surface area contributed by atoms with Crippen LogP contribution in [0, 0.1) is 5.92 Å². The molecule has 1 amide bonds. The third-order valence-electron chi connectivity index (χ3n) is 2.48. The van der Waals surface area contributed by atoms with Gasteiger partial charge >= 0.3 is 0 Å². The Labute approximate surface area is 96.9 Å². The van der Waals surface area contributed by atoms with E-state index in [-0.39, 0.29) is 11.8 Å². The molecule has 0 aliphatic carbocycles. The minimum Gasteiger partial charge on any atom is -0.345 e. The van der Waals surface area contributed by atoms with Gasteiger partial charge in [-0.2, -0.15) is 0 Å². The molecule has 0 aliphatic rings. The summed E-state index contributed by atoms with van der Waals surface area (Å²) >= 11 is 0. The van der Waals surface area contributed by atoms with Gasteiger partial charge in [0.25, 0.3) is 0 Å². The SMILES string of the molecule is CC(C)C(N)C(=O)NC(C=O)CCCCN. The van der Waals surface area contributed by atoms with Gasteiger partial charge in [-0.1, -0.05) is 13.8 Å². The third-order valence-corrected chi connectivity index (χ3v) is 2.48. The fourth-order valence-electron chi connectivity index (χ4n) is 1.26. The van der Waals surface area contributed by atoms with Gasteiger partial charge in [0.05, 0.1) is 12.1 Å². The van der Waals surface area contributed by atoms with E-state index in [0.29, 0.717) is 13.0 Å². The maximum atomic E-state index is 11.6. The van der Waals surface area contributed by atoms with Crippen LogP contribution in [0.4, 0.5) is 0 Å². The average Bonchev–Trinajstić information content (AvgIpc) is 2.26. The van der Waals surface area contributed by atoms with E-state index >= 15 is 0 Å². The molecule has 0 aromatic carbocycles. The summed E-state index contributed by atoms with van der Waals surface area (Å²) in [7, 11) is 0. The number of carbonyl (C=O) groups is 2. The molecule has 0 radical (unpaired) electrons. The Balaban J connectivity index is 4.01. The number of carbonyl (C=O) groups excluding carboxylic acids is 2. The number of rotatable bonds is 8. The Morgan fingerprint density at radius 2 is 2.00 bits per heavy atom. The molecule has 0 fully saturated rings. The molecule has 0 saturated carbocycles. The predicted octanol–water partition coefficient (Wildman–Crippen LogP) is -0.218. The molecule has 0 bridgehead atoms. The first-order chi connectivity index (χ1) is 7.52. The van der Waals surface area contributed by atoms with Gasteiger partial charge in [-0.15, -0.1) is 0 Å². The molecule has 0 heterocycles. The van der Waals surface area contributed by atoms with Crippen molar-refractivity contribution in [2.75, 3.05) is 6.54 Å². The lowest BCUT2D eigenvalue weighted by Gasteiger charge is -2.18. The largest absolute Gasteiger partial charge is 0.345 e. The third kappa shape index (κ3) is 5.82. The van der Waals surface area contributed by atoms with Crippen LogP contribution >= 0.6 is 0 Å². The number of unbranched alkanes of at least 4 members (excludes halogenated alkanes) is 1. The van der Waals surface area contributed by atoms with Gasteiger partial charge in [-0.05, 0) is 31.7 Å². The molecule has 2 unspecified atom stereocenters. The fraction of sp³-hybridized carbons (Fsp3) is 0.818. The number of amides is 1. The highest BCUT2D eigenvalue weighted by molar-refractivity contribution is 5.84. The molecule has 94 valence electrons.